The Kier molecular flexibility index (Phi) is 10.3. The number of fused-ring (bicyclic) bond motifs is 1. The highest BCUT2D eigenvalue weighted by Crippen LogP contribution is 2.65. The largest absolute Gasteiger partial charge is 0.347 e. The molecule has 0 aromatic rings. The van der Waals surface area contributed by atoms with Crippen molar-refractivity contribution in [2.24, 2.45) is 28.6 Å². The van der Waals surface area contributed by atoms with E-state index in [9.17, 15) is 32.4 Å². The first-order chi connectivity index (χ1) is 24.7. The van der Waals surface area contributed by atoms with Gasteiger partial charge < -0.3 is 26.2 Å². The van der Waals surface area contributed by atoms with Gasteiger partial charge in [0.2, 0.25) is 17.6 Å². The topological polar surface area (TPSA) is 171 Å². The number of amides is 5. The maximum Gasteiger partial charge on any atom is 0.315 e. The Bertz CT molecular complexity index is 1540. The Hall–Kier alpha value is -2.70. The molecular weight excluding hydrogens is 683 g/mol. The number of carbonyl (C=O) groups excluding carboxylic acids is 5. The summed E-state index contributed by atoms with van der Waals surface area (Å²) in [5, 5.41) is 11.4. The smallest absolute Gasteiger partial charge is 0.315 e. The zero-order chi connectivity index (χ0) is 37.1. The number of carbonyl (C=O) groups is 5. The standard InChI is InChI=1S/C39H61N5O7S/c1-37(2)26-23-44(30(29(26)37)33(46)41-27(17-14-24-12-13-24)31(45)34(47)40-25-15-16-25)35(48)32(38(3)18-6-4-7-19-38)42-36(49)43-39(20-8-5-9-21-39)28-11-10-22-52(28,50)51/h24-30,32H,4-23H2,1-3H3,(H,40,47)(H,41,46)(H2,42,43,49)/t26-,27-,28-,29-,30-,32+/m0/s1. The van der Waals surface area contributed by atoms with Crippen molar-refractivity contribution in [3.63, 3.8) is 0 Å². The van der Waals surface area contributed by atoms with E-state index in [1.807, 2.05) is 6.92 Å². The molecule has 0 spiro atoms. The molecule has 12 nitrogen and oxygen atoms in total. The molecule has 2 heterocycles. The highest BCUT2D eigenvalue weighted by Gasteiger charge is 2.70. The van der Waals surface area contributed by atoms with Crippen molar-refractivity contribution in [2.45, 2.75) is 171 Å². The van der Waals surface area contributed by atoms with Crippen molar-refractivity contribution in [2.75, 3.05) is 12.3 Å². The van der Waals surface area contributed by atoms with Gasteiger partial charge in [0.1, 0.15) is 12.1 Å². The molecule has 5 saturated carbocycles. The number of rotatable bonds is 13. The van der Waals surface area contributed by atoms with Crippen molar-refractivity contribution in [3.05, 3.63) is 0 Å². The first-order valence-electron chi connectivity index (χ1n) is 20.4. The van der Waals surface area contributed by atoms with Crippen LogP contribution in [0.2, 0.25) is 0 Å². The van der Waals surface area contributed by atoms with Crippen LogP contribution >= 0.6 is 0 Å². The highest BCUT2D eigenvalue weighted by atomic mass is 32.2. The molecule has 0 aromatic heterocycles. The number of hydrogen-bond acceptors (Lipinski definition) is 7. The number of nitrogens with zero attached hydrogens (tertiary/aromatic N) is 1. The van der Waals surface area contributed by atoms with Gasteiger partial charge in [0.05, 0.1) is 22.6 Å². The zero-order valence-electron chi connectivity index (χ0n) is 31.5. The Morgan fingerprint density at radius 1 is 0.808 bits per heavy atom. The van der Waals surface area contributed by atoms with E-state index >= 15 is 0 Å². The van der Waals surface area contributed by atoms with Gasteiger partial charge in [0, 0.05) is 12.6 Å². The Labute approximate surface area is 309 Å². The van der Waals surface area contributed by atoms with Crippen LogP contribution < -0.4 is 21.3 Å². The van der Waals surface area contributed by atoms with Gasteiger partial charge in [-0.1, -0.05) is 72.1 Å². The number of nitrogens with one attached hydrogen (secondary N) is 4. The number of ketones is 1. The fourth-order valence-corrected chi connectivity index (χ4v) is 13.0. The molecule has 0 unspecified atom stereocenters. The maximum absolute atomic E-state index is 15.0. The van der Waals surface area contributed by atoms with E-state index in [-0.39, 0.29) is 35.0 Å². The van der Waals surface area contributed by atoms with Gasteiger partial charge in [-0.3, -0.25) is 19.2 Å². The predicted octanol–water partition coefficient (Wildman–Crippen LogP) is 3.91. The molecule has 6 atom stereocenters. The van der Waals surface area contributed by atoms with Gasteiger partial charge in [0.15, 0.2) is 9.84 Å². The molecule has 5 aliphatic carbocycles. The molecule has 2 aliphatic heterocycles. The zero-order valence-corrected chi connectivity index (χ0v) is 32.3. The van der Waals surface area contributed by atoms with Gasteiger partial charge in [-0.25, -0.2) is 13.2 Å². The first kappa shape index (κ1) is 37.6. The molecule has 0 aromatic carbocycles. The fraction of sp³-hybridized carbons (Fsp3) is 0.872. The van der Waals surface area contributed by atoms with Crippen LogP contribution in [0.4, 0.5) is 4.79 Å². The predicted molar refractivity (Wildman–Crippen MR) is 196 cm³/mol. The number of sulfone groups is 1. The Morgan fingerprint density at radius 2 is 1.46 bits per heavy atom. The van der Waals surface area contributed by atoms with E-state index in [2.05, 4.69) is 35.1 Å². The summed E-state index contributed by atoms with van der Waals surface area (Å²) >= 11 is 0. The van der Waals surface area contributed by atoms with Crippen LogP contribution in [0.15, 0.2) is 0 Å². The third-order valence-electron chi connectivity index (χ3n) is 14.4. The van der Waals surface area contributed by atoms with Gasteiger partial charge in [-0.2, -0.15) is 0 Å². The molecule has 13 heteroatoms. The molecule has 2 saturated heterocycles. The first-order valence-corrected chi connectivity index (χ1v) is 22.1. The second-order valence-corrected chi connectivity index (χ2v) is 20.8. The number of Topliss-reactive ketones (excluding diaryl/α,β-unsaturated/α-hetero) is 1. The quantitative estimate of drug-likeness (QED) is 0.207. The van der Waals surface area contributed by atoms with Crippen LogP contribution in [0.25, 0.3) is 0 Å². The Morgan fingerprint density at radius 3 is 2.06 bits per heavy atom. The molecule has 7 aliphatic rings. The van der Waals surface area contributed by atoms with E-state index < -0.39 is 67.8 Å². The number of likely N-dealkylation sites (tertiary alicyclic amines) is 1. The average Bonchev–Trinajstić information content (AvgIpc) is 4.07. The highest BCUT2D eigenvalue weighted by molar-refractivity contribution is 7.92. The van der Waals surface area contributed by atoms with E-state index in [0.717, 1.165) is 83.5 Å². The third kappa shape index (κ3) is 7.50. The molecular formula is C39H61N5O7S. The van der Waals surface area contributed by atoms with Crippen LogP contribution in [0.5, 0.6) is 0 Å². The second kappa shape index (κ2) is 14.2. The van der Waals surface area contributed by atoms with Crippen molar-refractivity contribution in [1.82, 2.24) is 26.2 Å². The Balaban J connectivity index is 1.12. The summed E-state index contributed by atoms with van der Waals surface area (Å²) in [7, 11) is -3.35. The monoisotopic (exact) mass is 743 g/mol. The van der Waals surface area contributed by atoms with Crippen LogP contribution in [0.1, 0.15) is 136 Å². The number of piperidine rings is 1. The van der Waals surface area contributed by atoms with Gasteiger partial charge in [-0.05, 0) is 92.8 Å². The van der Waals surface area contributed by atoms with Crippen molar-refractivity contribution >= 4 is 39.4 Å². The molecule has 52 heavy (non-hydrogen) atoms. The molecule has 4 N–H and O–H groups in total. The summed E-state index contributed by atoms with van der Waals surface area (Å²) in [4.78, 5) is 71.4. The van der Waals surface area contributed by atoms with Gasteiger partial charge >= 0.3 is 6.03 Å². The molecule has 7 fully saturated rings. The minimum atomic E-state index is -3.35. The summed E-state index contributed by atoms with van der Waals surface area (Å²) in [6, 6.07) is -3.21. The number of hydrogen-bond donors (Lipinski definition) is 4. The second-order valence-electron chi connectivity index (χ2n) is 18.5. The lowest BCUT2D eigenvalue weighted by atomic mass is 9.70. The third-order valence-corrected chi connectivity index (χ3v) is 16.8. The van der Waals surface area contributed by atoms with Crippen LogP contribution in [-0.4, -0.2) is 90.1 Å². The minimum absolute atomic E-state index is 0.0190. The van der Waals surface area contributed by atoms with E-state index in [1.165, 1.54) is 0 Å². The lowest BCUT2D eigenvalue weighted by Crippen LogP contribution is -2.66. The summed E-state index contributed by atoms with van der Waals surface area (Å²) in [5.74, 6) is -1.38. The molecule has 0 bridgehead atoms. The summed E-state index contributed by atoms with van der Waals surface area (Å²) in [6.07, 6.45) is 14.3. The molecule has 7 rings (SSSR count). The van der Waals surface area contributed by atoms with E-state index in [1.54, 1.807) is 4.90 Å². The molecule has 5 amide bonds. The fourth-order valence-electron chi connectivity index (χ4n) is 10.7. The van der Waals surface area contributed by atoms with Crippen molar-refractivity contribution in [3.8, 4) is 0 Å². The van der Waals surface area contributed by atoms with Crippen molar-refractivity contribution in [1.29, 1.82) is 0 Å². The van der Waals surface area contributed by atoms with Crippen LogP contribution in [0.3, 0.4) is 0 Å². The van der Waals surface area contributed by atoms with Crippen LogP contribution in [-0.2, 0) is 29.0 Å². The average molecular weight is 744 g/mol. The number of urea groups is 1. The SMILES string of the molecule is CC1([C@H](NC(=O)NC2([C@@H]3CCCS3(=O)=O)CCCCC2)C(=O)N2C[C@H]3[C@@H]([C@H]2C(=O)N[C@@H](CCC2CC2)C(=O)C(=O)NC2CC2)C3(C)C)CCCCC1. The lowest BCUT2D eigenvalue weighted by Gasteiger charge is -2.45. The van der Waals surface area contributed by atoms with E-state index in [4.69, 9.17) is 0 Å². The van der Waals surface area contributed by atoms with Crippen LogP contribution in [0, 0.1) is 28.6 Å². The van der Waals surface area contributed by atoms with Gasteiger partial charge in [-0.15, -0.1) is 0 Å². The summed E-state index contributed by atoms with van der Waals surface area (Å²) in [6.45, 7) is 6.64. The molecule has 290 valence electrons. The van der Waals surface area contributed by atoms with Crippen molar-refractivity contribution < 1.29 is 32.4 Å². The normalized spacial score (nSPS) is 32.1. The summed E-state index contributed by atoms with van der Waals surface area (Å²) < 4.78 is 26.4. The summed E-state index contributed by atoms with van der Waals surface area (Å²) in [5.41, 5.74) is -1.60. The molecule has 0 radical (unpaired) electrons. The van der Waals surface area contributed by atoms with E-state index in [0.29, 0.717) is 44.6 Å². The van der Waals surface area contributed by atoms with Gasteiger partial charge in [0.25, 0.3) is 5.91 Å². The maximum atomic E-state index is 15.0. The minimum Gasteiger partial charge on any atom is -0.347 e. The lowest BCUT2D eigenvalue weighted by molar-refractivity contribution is -0.146.